The third-order valence-corrected chi connectivity index (χ3v) is 2.90. The minimum Gasteiger partial charge on any atom is -0.384 e. The van der Waals surface area contributed by atoms with Gasteiger partial charge >= 0.3 is 0 Å². The summed E-state index contributed by atoms with van der Waals surface area (Å²) in [5, 5.41) is 13.6. The van der Waals surface area contributed by atoms with E-state index >= 15 is 0 Å². The highest BCUT2D eigenvalue weighted by molar-refractivity contribution is 5.96. The molecule has 0 spiro atoms. The first-order chi connectivity index (χ1) is 10.1. The molecule has 5 nitrogen and oxygen atoms in total. The first-order valence-electron chi connectivity index (χ1n) is 6.33. The molecular formula is C15H13FN2O3. The zero-order chi connectivity index (χ0) is 15.2. The van der Waals surface area contributed by atoms with E-state index in [2.05, 4.69) is 5.32 Å². The van der Waals surface area contributed by atoms with Gasteiger partial charge in [-0.2, -0.15) is 0 Å². The minimum atomic E-state index is -0.477. The van der Waals surface area contributed by atoms with Crippen molar-refractivity contribution in [1.82, 2.24) is 0 Å². The van der Waals surface area contributed by atoms with Crippen molar-refractivity contribution in [3.8, 4) is 0 Å². The smallest absolute Gasteiger partial charge is 0.271 e. The van der Waals surface area contributed by atoms with E-state index in [0.717, 1.165) is 0 Å². The molecule has 2 aromatic carbocycles. The summed E-state index contributed by atoms with van der Waals surface area (Å²) in [5.41, 5.74) is 1.01. The lowest BCUT2D eigenvalue weighted by molar-refractivity contribution is -0.384. The van der Waals surface area contributed by atoms with Crippen LogP contribution in [0.4, 0.5) is 15.8 Å². The lowest BCUT2D eigenvalue weighted by Gasteiger charge is -2.06. The Morgan fingerprint density at radius 1 is 1.19 bits per heavy atom. The third kappa shape index (κ3) is 4.10. The van der Waals surface area contributed by atoms with Crippen molar-refractivity contribution in [2.45, 2.75) is 6.42 Å². The van der Waals surface area contributed by atoms with E-state index in [1.807, 2.05) is 0 Å². The molecule has 2 rings (SSSR count). The van der Waals surface area contributed by atoms with Crippen LogP contribution in [0.1, 0.15) is 16.8 Å². The van der Waals surface area contributed by atoms with Gasteiger partial charge in [-0.3, -0.25) is 14.9 Å². The maximum absolute atomic E-state index is 12.7. The average Bonchev–Trinajstić information content (AvgIpc) is 2.48. The van der Waals surface area contributed by atoms with Crippen LogP contribution < -0.4 is 5.32 Å². The van der Waals surface area contributed by atoms with Crippen molar-refractivity contribution in [2.75, 3.05) is 11.9 Å². The number of Topliss-reactive ketones (excluding diaryl/α,β-unsaturated/α-hetero) is 1. The molecule has 0 aliphatic carbocycles. The molecule has 0 aromatic heterocycles. The van der Waals surface area contributed by atoms with Crippen LogP contribution in [0.25, 0.3) is 0 Å². The number of carbonyl (C=O) groups is 1. The van der Waals surface area contributed by atoms with Gasteiger partial charge in [0.2, 0.25) is 0 Å². The highest BCUT2D eigenvalue weighted by Crippen LogP contribution is 2.17. The predicted molar refractivity (Wildman–Crippen MR) is 76.9 cm³/mol. The summed E-state index contributed by atoms with van der Waals surface area (Å²) in [6.07, 6.45) is 0.217. The van der Waals surface area contributed by atoms with E-state index in [4.69, 9.17) is 0 Å². The Morgan fingerprint density at radius 2 is 1.90 bits per heavy atom. The van der Waals surface area contributed by atoms with Gasteiger partial charge in [-0.25, -0.2) is 4.39 Å². The van der Waals surface area contributed by atoms with Gasteiger partial charge in [-0.1, -0.05) is 6.07 Å². The number of nitro groups is 1. The Morgan fingerprint density at radius 3 is 2.57 bits per heavy atom. The first-order valence-corrected chi connectivity index (χ1v) is 6.33. The molecule has 21 heavy (non-hydrogen) atoms. The molecular weight excluding hydrogens is 275 g/mol. The van der Waals surface area contributed by atoms with Crippen LogP contribution in [0, 0.1) is 15.9 Å². The normalized spacial score (nSPS) is 10.1. The summed E-state index contributed by atoms with van der Waals surface area (Å²) in [6.45, 7) is 0.345. The highest BCUT2D eigenvalue weighted by Gasteiger charge is 2.07. The van der Waals surface area contributed by atoms with Crippen molar-refractivity contribution in [3.63, 3.8) is 0 Å². The molecule has 1 N–H and O–H groups in total. The topological polar surface area (TPSA) is 72.2 Å². The van der Waals surface area contributed by atoms with E-state index in [0.29, 0.717) is 17.8 Å². The molecule has 0 radical (unpaired) electrons. The summed E-state index contributed by atoms with van der Waals surface area (Å²) in [4.78, 5) is 22.0. The molecule has 0 aliphatic heterocycles. The molecule has 0 amide bonds. The summed E-state index contributed by atoms with van der Waals surface area (Å²) in [5.74, 6) is -0.505. The molecule has 6 heteroatoms. The highest BCUT2D eigenvalue weighted by atomic mass is 19.1. The van der Waals surface area contributed by atoms with E-state index in [-0.39, 0.29) is 23.7 Å². The lowest BCUT2D eigenvalue weighted by Crippen LogP contribution is -2.09. The van der Waals surface area contributed by atoms with Crippen LogP contribution in [0.5, 0.6) is 0 Å². The Labute approximate surface area is 120 Å². The monoisotopic (exact) mass is 288 g/mol. The number of rotatable bonds is 6. The zero-order valence-electron chi connectivity index (χ0n) is 11.1. The van der Waals surface area contributed by atoms with Crippen molar-refractivity contribution in [1.29, 1.82) is 0 Å². The number of hydrogen-bond acceptors (Lipinski definition) is 4. The van der Waals surface area contributed by atoms with E-state index in [1.54, 1.807) is 12.1 Å². The number of nitrogens with zero attached hydrogens (tertiary/aromatic N) is 1. The summed E-state index contributed by atoms with van der Waals surface area (Å²) >= 11 is 0. The maximum Gasteiger partial charge on any atom is 0.271 e. The second-order valence-corrected chi connectivity index (χ2v) is 4.41. The Kier molecular flexibility index (Phi) is 4.61. The minimum absolute atomic E-state index is 0.00939. The fourth-order valence-corrected chi connectivity index (χ4v) is 1.83. The lowest BCUT2D eigenvalue weighted by atomic mass is 10.1. The molecule has 0 saturated heterocycles. The number of benzene rings is 2. The number of nitrogens with one attached hydrogen (secondary N) is 1. The van der Waals surface area contributed by atoms with Gasteiger partial charge in [0.25, 0.3) is 5.69 Å². The Hall–Kier alpha value is -2.76. The van der Waals surface area contributed by atoms with Crippen LogP contribution in [-0.4, -0.2) is 17.3 Å². The fraction of sp³-hybridized carbons (Fsp3) is 0.133. The van der Waals surface area contributed by atoms with Crippen molar-refractivity contribution in [3.05, 3.63) is 70.0 Å². The second kappa shape index (κ2) is 6.60. The summed E-state index contributed by atoms with van der Waals surface area (Å²) < 4.78 is 12.7. The molecule has 108 valence electrons. The largest absolute Gasteiger partial charge is 0.384 e. The number of hydrogen-bond donors (Lipinski definition) is 1. The SMILES string of the molecule is O=C(CCNc1cccc([N+](=O)[O-])c1)c1ccc(F)cc1. The molecule has 2 aromatic rings. The van der Waals surface area contributed by atoms with Gasteiger partial charge in [0.1, 0.15) is 5.82 Å². The summed E-state index contributed by atoms with van der Waals surface area (Å²) in [6, 6.07) is 11.4. The molecule has 0 saturated carbocycles. The standard InChI is InChI=1S/C15H13FN2O3/c16-12-6-4-11(5-7-12)15(19)8-9-17-13-2-1-3-14(10-13)18(20)21/h1-7,10,17H,8-9H2. The average molecular weight is 288 g/mol. The molecule has 0 aliphatic rings. The molecule has 0 fully saturated rings. The fourth-order valence-electron chi connectivity index (χ4n) is 1.83. The van der Waals surface area contributed by atoms with Crippen LogP contribution in [-0.2, 0) is 0 Å². The second-order valence-electron chi connectivity index (χ2n) is 4.41. The summed E-state index contributed by atoms with van der Waals surface area (Å²) in [7, 11) is 0. The first kappa shape index (κ1) is 14.6. The Balaban J connectivity index is 1.89. The number of non-ortho nitro benzene ring substituents is 1. The van der Waals surface area contributed by atoms with Crippen LogP contribution in [0.3, 0.4) is 0 Å². The van der Waals surface area contributed by atoms with Crippen molar-refractivity contribution < 1.29 is 14.1 Å². The van der Waals surface area contributed by atoms with Gasteiger partial charge in [0.05, 0.1) is 4.92 Å². The number of ketones is 1. The number of carbonyl (C=O) groups excluding carboxylic acids is 1. The van der Waals surface area contributed by atoms with Gasteiger partial charge in [-0.05, 0) is 30.3 Å². The number of halogens is 1. The van der Waals surface area contributed by atoms with E-state index < -0.39 is 4.92 Å². The Bertz CT molecular complexity index is 656. The van der Waals surface area contributed by atoms with E-state index in [1.165, 1.54) is 36.4 Å². The van der Waals surface area contributed by atoms with E-state index in [9.17, 15) is 19.3 Å². The van der Waals surface area contributed by atoms with Crippen molar-refractivity contribution >= 4 is 17.2 Å². The van der Waals surface area contributed by atoms with Gasteiger partial charge < -0.3 is 5.32 Å². The number of nitro benzene ring substituents is 1. The molecule has 0 unspecified atom stereocenters. The zero-order valence-corrected chi connectivity index (χ0v) is 11.1. The van der Waals surface area contributed by atoms with Crippen LogP contribution >= 0.6 is 0 Å². The molecule has 0 atom stereocenters. The van der Waals surface area contributed by atoms with Gasteiger partial charge in [0, 0.05) is 36.3 Å². The molecule has 0 bridgehead atoms. The van der Waals surface area contributed by atoms with Gasteiger partial charge in [-0.15, -0.1) is 0 Å². The quantitative estimate of drug-likeness (QED) is 0.502. The maximum atomic E-state index is 12.7. The third-order valence-electron chi connectivity index (χ3n) is 2.90. The van der Waals surface area contributed by atoms with Crippen LogP contribution in [0.15, 0.2) is 48.5 Å². The van der Waals surface area contributed by atoms with Gasteiger partial charge in [0.15, 0.2) is 5.78 Å². The molecule has 0 heterocycles. The van der Waals surface area contributed by atoms with Crippen molar-refractivity contribution in [2.24, 2.45) is 0 Å². The predicted octanol–water partition coefficient (Wildman–Crippen LogP) is 3.42. The number of anilines is 1. The van der Waals surface area contributed by atoms with Crippen LogP contribution in [0.2, 0.25) is 0 Å².